The number of anilines is 2. The van der Waals surface area contributed by atoms with Crippen LogP contribution in [0.4, 0.5) is 15.5 Å². The van der Waals surface area contributed by atoms with Crippen molar-refractivity contribution in [3.8, 4) is 0 Å². The summed E-state index contributed by atoms with van der Waals surface area (Å²) in [7, 11) is -1.69. The number of likely N-dealkylation sites (N-methyl/N-ethyl adjacent to an activating group) is 1. The molecule has 5 rings (SSSR count). The predicted octanol–water partition coefficient (Wildman–Crippen LogP) is 2.94. The zero-order chi connectivity index (χ0) is 26.0. The molecule has 4 aliphatic heterocycles. The van der Waals surface area contributed by atoms with Gasteiger partial charge in [0.25, 0.3) is 5.91 Å². The van der Waals surface area contributed by atoms with Crippen molar-refractivity contribution in [2.75, 3.05) is 36.5 Å². The molecule has 4 aliphatic rings. The van der Waals surface area contributed by atoms with Crippen LogP contribution in [-0.4, -0.2) is 75.0 Å². The van der Waals surface area contributed by atoms with Crippen LogP contribution in [0.15, 0.2) is 18.2 Å². The van der Waals surface area contributed by atoms with Gasteiger partial charge >= 0.3 is 0 Å². The molecular formula is C26H36FN3O5Si. The second-order valence-corrected chi connectivity index (χ2v) is 15.1. The van der Waals surface area contributed by atoms with Crippen molar-refractivity contribution in [1.29, 1.82) is 0 Å². The molecule has 196 valence electrons. The van der Waals surface area contributed by atoms with E-state index in [4.69, 9.17) is 4.74 Å². The molecule has 0 bridgehead atoms. The first kappa shape index (κ1) is 25.4. The Balaban J connectivity index is 1.54. The summed E-state index contributed by atoms with van der Waals surface area (Å²) in [6, 6.07) is 5.31. The molecule has 0 aliphatic carbocycles. The molecule has 0 saturated carbocycles. The van der Waals surface area contributed by atoms with Crippen LogP contribution >= 0.6 is 0 Å². The number of rotatable bonds is 5. The predicted molar refractivity (Wildman–Crippen MR) is 136 cm³/mol. The van der Waals surface area contributed by atoms with Gasteiger partial charge in [-0.15, -0.1) is 0 Å². The van der Waals surface area contributed by atoms with Crippen LogP contribution in [-0.2, 0) is 24.7 Å². The van der Waals surface area contributed by atoms with E-state index in [1.807, 2.05) is 25.1 Å². The summed E-state index contributed by atoms with van der Waals surface area (Å²) in [5, 5.41) is 9.69. The van der Waals surface area contributed by atoms with E-state index in [0.29, 0.717) is 36.4 Å². The molecule has 1 spiro atoms. The lowest BCUT2D eigenvalue weighted by Crippen LogP contribution is -2.44. The lowest BCUT2D eigenvalue weighted by atomic mass is 9.82. The molecule has 10 heteroatoms. The van der Waals surface area contributed by atoms with E-state index in [9.17, 15) is 19.5 Å². The van der Waals surface area contributed by atoms with E-state index in [1.54, 1.807) is 34.8 Å². The first-order chi connectivity index (χ1) is 17.0. The van der Waals surface area contributed by atoms with Crippen molar-refractivity contribution in [3.05, 3.63) is 23.8 Å². The third-order valence-electron chi connectivity index (χ3n) is 8.74. The number of amides is 3. The Hall–Kier alpha value is -2.30. The fourth-order valence-electron chi connectivity index (χ4n) is 7.07. The van der Waals surface area contributed by atoms with Gasteiger partial charge in [-0.1, -0.05) is 6.92 Å². The lowest BCUT2D eigenvalue weighted by Gasteiger charge is -2.31. The van der Waals surface area contributed by atoms with Gasteiger partial charge in [0.2, 0.25) is 20.2 Å². The number of benzene rings is 1. The van der Waals surface area contributed by atoms with Crippen molar-refractivity contribution in [2.24, 2.45) is 5.92 Å². The molecule has 3 fully saturated rings. The van der Waals surface area contributed by atoms with E-state index < -0.39 is 31.6 Å². The van der Waals surface area contributed by atoms with Crippen LogP contribution < -0.4 is 9.80 Å². The Morgan fingerprint density at radius 1 is 1.25 bits per heavy atom. The highest BCUT2D eigenvalue weighted by atomic mass is 28.4. The number of carbonyl (C=O) groups is 3. The smallest absolute Gasteiger partial charge is 0.264 e. The highest BCUT2D eigenvalue weighted by Crippen LogP contribution is 2.60. The maximum Gasteiger partial charge on any atom is 0.264 e. The molecule has 0 aromatic heterocycles. The maximum atomic E-state index is 15.9. The van der Waals surface area contributed by atoms with Crippen LogP contribution in [0, 0.1) is 5.92 Å². The molecule has 5 atom stereocenters. The second kappa shape index (κ2) is 8.92. The molecule has 1 aromatic rings. The summed E-state index contributed by atoms with van der Waals surface area (Å²) in [5.74, 6) is -0.873. The van der Waals surface area contributed by atoms with Crippen LogP contribution in [0.25, 0.3) is 0 Å². The number of likely N-dealkylation sites (tertiary alicyclic amines) is 1. The van der Waals surface area contributed by atoms with Crippen molar-refractivity contribution in [1.82, 2.24) is 4.90 Å². The molecule has 3 amide bonds. The Morgan fingerprint density at radius 3 is 2.64 bits per heavy atom. The minimum atomic E-state index is -3.38. The van der Waals surface area contributed by atoms with Gasteiger partial charge in [0.1, 0.15) is 0 Å². The fraction of sp³-hybridized carbons (Fsp3) is 0.654. The number of ether oxygens (including phenoxy) is 1. The Kier molecular flexibility index (Phi) is 6.28. The fourth-order valence-corrected chi connectivity index (χ4v) is 9.57. The summed E-state index contributed by atoms with van der Waals surface area (Å²) in [4.78, 5) is 44.5. The number of fused-ring (bicyclic) bond motifs is 2. The molecule has 3 saturated heterocycles. The number of hydrogen-bond acceptors (Lipinski definition) is 5. The van der Waals surface area contributed by atoms with Crippen LogP contribution in [0.2, 0.25) is 18.6 Å². The van der Waals surface area contributed by atoms with Gasteiger partial charge in [-0.25, -0.2) is 0 Å². The van der Waals surface area contributed by atoms with Crippen molar-refractivity contribution in [2.45, 2.75) is 75.4 Å². The molecule has 8 nitrogen and oxygen atoms in total. The van der Waals surface area contributed by atoms with Gasteiger partial charge in [-0.3, -0.25) is 14.4 Å². The largest absolute Gasteiger partial charge is 0.394 e. The van der Waals surface area contributed by atoms with Gasteiger partial charge in [0, 0.05) is 49.3 Å². The van der Waals surface area contributed by atoms with Crippen molar-refractivity contribution >= 4 is 37.5 Å². The molecule has 1 aromatic carbocycles. The summed E-state index contributed by atoms with van der Waals surface area (Å²) in [6.07, 6.45) is 2.07. The van der Waals surface area contributed by atoms with Crippen LogP contribution in [0.5, 0.6) is 0 Å². The highest BCUT2D eigenvalue weighted by molar-refractivity contribution is 6.72. The van der Waals surface area contributed by atoms with E-state index in [-0.39, 0.29) is 36.8 Å². The Morgan fingerprint density at radius 2 is 2.00 bits per heavy atom. The van der Waals surface area contributed by atoms with E-state index in [2.05, 4.69) is 0 Å². The first-order valence-corrected chi connectivity index (χ1v) is 16.0. The monoisotopic (exact) mass is 517 g/mol. The number of aliphatic hydroxyl groups is 1. The first-order valence-electron chi connectivity index (χ1n) is 13.0. The maximum absolute atomic E-state index is 15.9. The minimum Gasteiger partial charge on any atom is -0.394 e. The third-order valence-corrected chi connectivity index (χ3v) is 11.2. The Bertz CT molecular complexity index is 1090. The lowest BCUT2D eigenvalue weighted by molar-refractivity contribution is -0.149. The van der Waals surface area contributed by atoms with Crippen LogP contribution in [0.1, 0.15) is 44.6 Å². The van der Waals surface area contributed by atoms with E-state index in [0.717, 1.165) is 19.3 Å². The standard InChI is InChI=1S/C26H36FN3O5Si/c1-16-24(36(3,4)27)21(14-23(33)30-11-5-7-18(30)15-31)35-26(16)19-13-17(29-12-6-8-22(29)32)9-10-20(19)28(2)25(26)34/h9-10,13,16,18,21,24,31H,5-8,11-12,14-15H2,1-4H3/t16-,18-,21+,24-,26+/m0/s1. The highest BCUT2D eigenvalue weighted by Gasteiger charge is 2.66. The van der Waals surface area contributed by atoms with Crippen LogP contribution in [0.3, 0.4) is 0 Å². The van der Waals surface area contributed by atoms with Gasteiger partial charge in [-0.05, 0) is 50.6 Å². The summed E-state index contributed by atoms with van der Waals surface area (Å²) in [5.41, 5.74) is 0.0664. The minimum absolute atomic E-state index is 0.0236. The van der Waals surface area contributed by atoms with Gasteiger partial charge < -0.3 is 28.7 Å². The number of nitrogens with zero attached hydrogens (tertiary/aromatic N) is 3. The van der Waals surface area contributed by atoms with Gasteiger partial charge in [0.05, 0.1) is 30.9 Å². The topological polar surface area (TPSA) is 90.4 Å². The number of halogens is 1. The number of hydrogen-bond donors (Lipinski definition) is 1. The van der Waals surface area contributed by atoms with E-state index >= 15 is 4.11 Å². The zero-order valence-electron chi connectivity index (χ0n) is 21.5. The number of carbonyl (C=O) groups excluding carboxylic acids is 3. The summed E-state index contributed by atoms with van der Waals surface area (Å²) >= 11 is 0. The SMILES string of the molecule is C[C@H]1[C@H]([Si](C)(C)F)[C@@H](CC(=O)N2CCC[C@H]2CO)O[C@]12C(=O)N(C)c1ccc(N3CCCC3=O)cc12. The Labute approximate surface area is 212 Å². The molecular weight excluding hydrogens is 481 g/mol. The quantitative estimate of drug-likeness (QED) is 0.479. The molecule has 4 heterocycles. The zero-order valence-corrected chi connectivity index (χ0v) is 22.5. The third kappa shape index (κ3) is 3.71. The average Bonchev–Trinajstić information content (AvgIpc) is 3.57. The molecule has 36 heavy (non-hydrogen) atoms. The summed E-state index contributed by atoms with van der Waals surface area (Å²) < 4.78 is 22.5. The number of aliphatic hydroxyl groups excluding tert-OH is 1. The summed E-state index contributed by atoms with van der Waals surface area (Å²) in [6.45, 7) is 6.18. The second-order valence-electron chi connectivity index (χ2n) is 11.3. The molecule has 1 N–H and O–H groups in total. The van der Waals surface area contributed by atoms with Gasteiger partial charge in [-0.2, -0.15) is 0 Å². The van der Waals surface area contributed by atoms with Gasteiger partial charge in [0.15, 0.2) is 5.60 Å². The molecule has 0 radical (unpaired) electrons. The van der Waals surface area contributed by atoms with E-state index in [1.165, 1.54) is 0 Å². The van der Waals surface area contributed by atoms with Crippen molar-refractivity contribution in [3.63, 3.8) is 0 Å². The normalized spacial score (nSPS) is 32.3. The average molecular weight is 518 g/mol. The molecule has 0 unspecified atom stereocenters. The van der Waals surface area contributed by atoms with Crippen molar-refractivity contribution < 1.29 is 28.3 Å².